The van der Waals surface area contributed by atoms with Gasteiger partial charge in [-0.3, -0.25) is 4.79 Å². The summed E-state index contributed by atoms with van der Waals surface area (Å²) >= 11 is 0. The van der Waals surface area contributed by atoms with Crippen LogP contribution < -0.4 is 10.9 Å². The van der Waals surface area contributed by atoms with E-state index in [4.69, 9.17) is 5.53 Å². The molecule has 1 heterocycles. The Kier molecular flexibility index (Phi) is 9.52. The van der Waals surface area contributed by atoms with E-state index in [1.807, 2.05) is 0 Å². The van der Waals surface area contributed by atoms with E-state index in [0.29, 0.717) is 6.42 Å². The van der Waals surface area contributed by atoms with Gasteiger partial charge in [-0.05, 0) is 6.42 Å². The molecule has 0 atom stereocenters. The number of urea groups is 2. The Bertz CT molecular complexity index is 568. The summed E-state index contributed by atoms with van der Waals surface area (Å²) in [5, 5.41) is 9.14. The van der Waals surface area contributed by atoms with E-state index >= 15 is 0 Å². The number of amides is 5. The lowest BCUT2D eigenvalue weighted by Crippen LogP contribution is -2.43. The maximum absolute atomic E-state index is 11.0. The predicted octanol–water partition coefficient (Wildman–Crippen LogP) is -0.0483. The smallest absolute Gasteiger partial charge is 0.271 e. The Morgan fingerprint density at radius 3 is 2.59 bits per heavy atom. The number of carbonyl (C=O) groups is 3. The molecule has 0 saturated carbocycles. The topological polar surface area (TPSA) is 195 Å². The first-order chi connectivity index (χ1) is 10.4. The van der Waals surface area contributed by atoms with Crippen LogP contribution in [0.3, 0.4) is 0 Å². The second-order valence-electron chi connectivity index (χ2n) is 3.18. The lowest BCUT2D eigenvalue weighted by atomic mass is 10.5. The number of hydrogen-bond acceptors (Lipinski definition) is 9. The van der Waals surface area contributed by atoms with Gasteiger partial charge in [-0.1, -0.05) is 26.8 Å². The first-order valence-corrected chi connectivity index (χ1v) is 6.55. The molecule has 0 aromatic rings. The average Bonchev–Trinajstić information content (AvgIpc) is 2.94. The Balaban J connectivity index is 0.000000604. The summed E-state index contributed by atoms with van der Waals surface area (Å²) < 4.78 is 22.8. The summed E-state index contributed by atoms with van der Waals surface area (Å²) in [6, 6.07) is -2.55. The number of nitrogens with one attached hydrogen (secondary N) is 3. The first kappa shape index (κ1) is 19.2. The Morgan fingerprint density at radius 1 is 1.55 bits per heavy atom. The lowest BCUT2D eigenvalue weighted by Gasteiger charge is -2.16. The Morgan fingerprint density at radius 2 is 2.23 bits per heavy atom. The van der Waals surface area contributed by atoms with Crippen molar-refractivity contribution in [3.05, 3.63) is 0 Å². The predicted molar refractivity (Wildman–Crippen MR) is 66.4 cm³/mol. The average molecular weight is 336 g/mol. The minimum absolute atomic E-state index is 0.0467. The molecule has 1 rings (SSSR count). The van der Waals surface area contributed by atoms with Crippen LogP contribution in [0.4, 0.5) is 9.59 Å². The molecule has 15 heteroatoms. The van der Waals surface area contributed by atoms with Gasteiger partial charge < -0.3 is 0 Å². The van der Waals surface area contributed by atoms with Crippen LogP contribution in [0.1, 0.15) is 13.3 Å². The van der Waals surface area contributed by atoms with Crippen molar-refractivity contribution < 1.29 is 27.6 Å². The van der Waals surface area contributed by atoms with E-state index in [1.54, 1.807) is 12.3 Å². The zero-order valence-electron chi connectivity index (χ0n) is 11.2. The van der Waals surface area contributed by atoms with E-state index in [-0.39, 0.29) is 24.2 Å². The molecule has 0 saturated heterocycles. The zero-order valence-corrected chi connectivity index (χ0v) is 12.0. The summed E-state index contributed by atoms with van der Waals surface area (Å²) in [5.74, 6) is -0.130. The highest BCUT2D eigenvalue weighted by Gasteiger charge is 2.16. The number of carbonyl (C=O) groups excluding carboxylic acids is 3. The quantitative estimate of drug-likeness (QED) is 0.477. The van der Waals surface area contributed by atoms with Crippen LogP contribution in [0.2, 0.25) is 0 Å². The van der Waals surface area contributed by atoms with Gasteiger partial charge in [-0.15, -0.1) is 0 Å². The molecule has 5 amide bonds. The maximum atomic E-state index is 11.0. The summed E-state index contributed by atoms with van der Waals surface area (Å²) in [7, 11) is -2.96. The summed E-state index contributed by atoms with van der Waals surface area (Å²) in [5.41, 5.74) is 10.2. The fraction of sp³-hybridized carbons (Fsp3) is 0.571. The van der Waals surface area contributed by atoms with Crippen molar-refractivity contribution in [1.82, 2.24) is 16.0 Å². The fourth-order valence-electron chi connectivity index (χ4n) is 0.757. The molecular formula is C7H12N8O6S. The van der Waals surface area contributed by atoms with Crippen LogP contribution in [-0.2, 0) is 20.1 Å². The van der Waals surface area contributed by atoms with Crippen molar-refractivity contribution in [1.29, 1.82) is 5.53 Å². The molecule has 0 aromatic heterocycles. The van der Waals surface area contributed by atoms with Gasteiger partial charge in [0.15, 0.2) is 0 Å². The van der Waals surface area contributed by atoms with Gasteiger partial charge in [-0.25, -0.2) is 25.3 Å². The SMILES string of the molecule is CCCON(NC(=O)N=N)C(=O)N=S(=O)=O.O=C1CN=NN1. The molecule has 0 unspecified atom stereocenters. The van der Waals surface area contributed by atoms with Gasteiger partial charge in [-0.2, -0.15) is 19.1 Å². The molecule has 122 valence electrons. The highest BCUT2D eigenvalue weighted by atomic mass is 32.2. The molecule has 0 aliphatic carbocycles. The van der Waals surface area contributed by atoms with E-state index in [1.165, 1.54) is 0 Å². The molecule has 0 spiro atoms. The van der Waals surface area contributed by atoms with Crippen LogP contribution in [0.15, 0.2) is 19.8 Å². The molecule has 0 fully saturated rings. The molecule has 1 aliphatic rings. The first-order valence-electron chi connectivity index (χ1n) is 5.52. The van der Waals surface area contributed by atoms with Crippen molar-refractivity contribution in [2.24, 2.45) is 19.8 Å². The summed E-state index contributed by atoms with van der Waals surface area (Å²) in [4.78, 5) is 36.3. The van der Waals surface area contributed by atoms with E-state index in [0.717, 1.165) is 0 Å². The minimum Gasteiger partial charge on any atom is -0.271 e. The van der Waals surface area contributed by atoms with E-state index in [9.17, 15) is 22.8 Å². The molecule has 14 nitrogen and oxygen atoms in total. The highest BCUT2D eigenvalue weighted by Crippen LogP contribution is 1.94. The highest BCUT2D eigenvalue weighted by molar-refractivity contribution is 7.62. The van der Waals surface area contributed by atoms with Crippen LogP contribution in [0.25, 0.3) is 0 Å². The monoisotopic (exact) mass is 336 g/mol. The van der Waals surface area contributed by atoms with Gasteiger partial charge in [0.25, 0.3) is 5.91 Å². The normalized spacial score (nSPS) is 11.6. The lowest BCUT2D eigenvalue weighted by molar-refractivity contribution is -0.138. The van der Waals surface area contributed by atoms with Crippen molar-refractivity contribution in [2.75, 3.05) is 13.2 Å². The molecule has 0 aromatic carbocycles. The number of hydrazine groups is 1. The standard InChI is InChI=1S/C5H9N5O5S.C2H3N3O/c1-2-3-15-10(8-4(11)7-6)5(12)9-16(13)14;6-2-1-3-5-4-2/h6H,2-3H2,1H3,(H,8,11);1H2,(H,3,4,6). The number of nitrogens with zero attached hydrogens (tertiary/aromatic N) is 5. The second-order valence-corrected chi connectivity index (χ2v) is 3.80. The van der Waals surface area contributed by atoms with Gasteiger partial charge in [0.1, 0.15) is 6.54 Å². The van der Waals surface area contributed by atoms with E-state index < -0.39 is 22.6 Å². The van der Waals surface area contributed by atoms with Gasteiger partial charge in [0.2, 0.25) is 0 Å². The molecule has 22 heavy (non-hydrogen) atoms. The van der Waals surface area contributed by atoms with E-state index in [2.05, 4.69) is 30.1 Å². The Hall–Kier alpha value is -2.81. The van der Waals surface area contributed by atoms with Crippen molar-refractivity contribution in [3.63, 3.8) is 0 Å². The zero-order chi connectivity index (χ0) is 17.0. The van der Waals surface area contributed by atoms with Crippen molar-refractivity contribution >= 4 is 28.5 Å². The van der Waals surface area contributed by atoms with Crippen LogP contribution >= 0.6 is 0 Å². The minimum atomic E-state index is -2.96. The summed E-state index contributed by atoms with van der Waals surface area (Å²) in [6.45, 7) is 1.97. The second kappa shape index (κ2) is 10.9. The van der Waals surface area contributed by atoms with Gasteiger partial charge in [0.05, 0.1) is 6.61 Å². The third-order valence-corrected chi connectivity index (χ3v) is 1.81. The number of hydroxylamine groups is 1. The van der Waals surface area contributed by atoms with Gasteiger partial charge >= 0.3 is 22.6 Å². The molecular weight excluding hydrogens is 324 g/mol. The molecule has 0 radical (unpaired) electrons. The third-order valence-electron chi connectivity index (χ3n) is 1.51. The van der Waals surface area contributed by atoms with Crippen LogP contribution in [0.5, 0.6) is 0 Å². The van der Waals surface area contributed by atoms with Crippen molar-refractivity contribution in [2.45, 2.75) is 13.3 Å². The Labute approximate surface area is 125 Å². The molecule has 3 N–H and O–H groups in total. The fourth-order valence-corrected chi connectivity index (χ4v) is 0.958. The third kappa shape index (κ3) is 9.15. The largest absolute Gasteiger partial charge is 0.402 e. The van der Waals surface area contributed by atoms with Crippen LogP contribution in [-0.4, -0.2) is 44.7 Å². The number of rotatable bonds is 3. The molecule has 1 aliphatic heterocycles. The maximum Gasteiger partial charge on any atom is 0.402 e. The van der Waals surface area contributed by atoms with Crippen LogP contribution in [0, 0.1) is 5.53 Å². The molecule has 0 bridgehead atoms. The van der Waals surface area contributed by atoms with Gasteiger partial charge in [0, 0.05) is 0 Å². The summed E-state index contributed by atoms with van der Waals surface area (Å²) in [6.07, 6.45) is 0.512. The van der Waals surface area contributed by atoms with Crippen molar-refractivity contribution in [3.8, 4) is 0 Å². The number of hydrogen-bond donors (Lipinski definition) is 3.